The number of aromatic nitrogens is 3. The van der Waals surface area contributed by atoms with Crippen molar-refractivity contribution in [3.8, 4) is 5.75 Å². The Labute approximate surface area is 117 Å². The van der Waals surface area contributed by atoms with Gasteiger partial charge >= 0.3 is 0 Å². The van der Waals surface area contributed by atoms with Gasteiger partial charge in [0.15, 0.2) is 5.75 Å². The molecule has 2 aromatic rings. The molecule has 0 radical (unpaired) electrons. The average Bonchev–Trinajstić information content (AvgIpc) is 2.85. The van der Waals surface area contributed by atoms with Crippen molar-refractivity contribution in [3.63, 3.8) is 0 Å². The maximum absolute atomic E-state index is 6.23. The average molecular weight is 281 g/mol. The number of nitrogens with zero attached hydrogens (tertiary/aromatic N) is 3. The third kappa shape index (κ3) is 2.57. The van der Waals surface area contributed by atoms with Gasteiger partial charge in [0.2, 0.25) is 0 Å². The Hall–Kier alpha value is -1.59. The number of hydrogen-bond acceptors (Lipinski definition) is 4. The molecule has 2 heterocycles. The Kier molecular flexibility index (Phi) is 4.39. The summed E-state index contributed by atoms with van der Waals surface area (Å²) in [5, 5.41) is 8.20. The van der Waals surface area contributed by atoms with Crippen LogP contribution >= 0.6 is 11.6 Å². The van der Waals surface area contributed by atoms with E-state index >= 15 is 0 Å². The quantitative estimate of drug-likeness (QED) is 0.913. The van der Waals surface area contributed by atoms with E-state index in [4.69, 9.17) is 16.3 Å². The lowest BCUT2D eigenvalue weighted by molar-refractivity contribution is 0.401. The van der Waals surface area contributed by atoms with Crippen LogP contribution in [0.4, 0.5) is 0 Å². The summed E-state index contributed by atoms with van der Waals surface area (Å²) in [6.45, 7) is 2.80. The molecule has 5 nitrogen and oxygen atoms in total. The van der Waals surface area contributed by atoms with Gasteiger partial charge in [-0.2, -0.15) is 5.10 Å². The molecule has 2 aromatic heterocycles. The van der Waals surface area contributed by atoms with E-state index in [0.29, 0.717) is 5.02 Å². The van der Waals surface area contributed by atoms with Crippen LogP contribution in [0.5, 0.6) is 5.75 Å². The third-order valence-corrected chi connectivity index (χ3v) is 3.36. The summed E-state index contributed by atoms with van der Waals surface area (Å²) >= 11 is 6.23. The predicted molar refractivity (Wildman–Crippen MR) is 74.6 cm³/mol. The highest BCUT2D eigenvalue weighted by atomic mass is 35.5. The molecular weight excluding hydrogens is 264 g/mol. The second-order valence-electron chi connectivity index (χ2n) is 4.03. The van der Waals surface area contributed by atoms with Crippen LogP contribution in [0.3, 0.4) is 0 Å². The highest BCUT2D eigenvalue weighted by molar-refractivity contribution is 6.31. The zero-order chi connectivity index (χ0) is 13.8. The highest BCUT2D eigenvalue weighted by Crippen LogP contribution is 2.32. The molecule has 0 aromatic carbocycles. The molecule has 0 saturated heterocycles. The number of rotatable bonds is 5. The molecule has 1 N–H and O–H groups in total. The predicted octanol–water partition coefficient (Wildman–Crippen LogP) is 2.27. The molecule has 0 spiro atoms. The van der Waals surface area contributed by atoms with Crippen molar-refractivity contribution in [2.24, 2.45) is 0 Å². The largest absolute Gasteiger partial charge is 0.493 e. The molecule has 0 aliphatic heterocycles. The molecule has 6 heteroatoms. The summed E-state index contributed by atoms with van der Waals surface area (Å²) in [4.78, 5) is 4.01. The monoisotopic (exact) mass is 280 g/mol. The number of nitrogens with one attached hydrogen (secondary N) is 1. The lowest BCUT2D eigenvalue weighted by Gasteiger charge is -2.20. The van der Waals surface area contributed by atoms with E-state index in [0.717, 1.165) is 23.6 Å². The molecule has 1 unspecified atom stereocenters. The summed E-state index contributed by atoms with van der Waals surface area (Å²) < 4.78 is 7.29. The number of aryl methyl sites for hydroxylation is 1. The van der Waals surface area contributed by atoms with E-state index in [2.05, 4.69) is 15.4 Å². The van der Waals surface area contributed by atoms with Gasteiger partial charge in [-0.3, -0.25) is 9.67 Å². The van der Waals surface area contributed by atoms with Crippen molar-refractivity contribution in [1.29, 1.82) is 0 Å². The van der Waals surface area contributed by atoms with E-state index in [9.17, 15) is 0 Å². The molecule has 1 atom stereocenters. The Morgan fingerprint density at radius 1 is 1.47 bits per heavy atom. The second-order valence-corrected chi connectivity index (χ2v) is 4.44. The Balaban J connectivity index is 2.54. The number of methoxy groups -OCH3 is 1. The smallest absolute Gasteiger partial charge is 0.161 e. The lowest BCUT2D eigenvalue weighted by Crippen LogP contribution is -2.22. The van der Waals surface area contributed by atoms with Crippen LogP contribution in [-0.4, -0.2) is 28.9 Å². The van der Waals surface area contributed by atoms with Gasteiger partial charge < -0.3 is 10.1 Å². The van der Waals surface area contributed by atoms with Crippen LogP contribution in [0, 0.1) is 0 Å². The van der Waals surface area contributed by atoms with Crippen molar-refractivity contribution in [1.82, 2.24) is 20.1 Å². The van der Waals surface area contributed by atoms with Gasteiger partial charge in [0.25, 0.3) is 0 Å². The molecule has 102 valence electrons. The molecular formula is C13H17ClN4O. The molecule has 2 rings (SSSR count). The number of ether oxygens (including phenoxy) is 1. The summed E-state index contributed by atoms with van der Waals surface area (Å²) in [6, 6.07) is 1.81. The first-order chi connectivity index (χ1) is 9.22. The first-order valence-corrected chi connectivity index (χ1v) is 6.47. The Morgan fingerprint density at radius 3 is 2.84 bits per heavy atom. The molecule has 0 saturated carbocycles. The first kappa shape index (κ1) is 13.8. The van der Waals surface area contributed by atoms with E-state index in [1.54, 1.807) is 25.7 Å². The molecule has 0 fully saturated rings. The first-order valence-electron chi connectivity index (χ1n) is 6.09. The van der Waals surface area contributed by atoms with Crippen LogP contribution < -0.4 is 10.1 Å². The van der Waals surface area contributed by atoms with Crippen molar-refractivity contribution < 1.29 is 4.74 Å². The van der Waals surface area contributed by atoms with Gasteiger partial charge in [-0.15, -0.1) is 0 Å². The van der Waals surface area contributed by atoms with Crippen LogP contribution in [-0.2, 0) is 6.54 Å². The zero-order valence-electron chi connectivity index (χ0n) is 11.2. The number of halogens is 1. The van der Waals surface area contributed by atoms with Gasteiger partial charge in [0, 0.05) is 18.9 Å². The molecule has 19 heavy (non-hydrogen) atoms. The summed E-state index contributed by atoms with van der Waals surface area (Å²) in [5.41, 5.74) is 1.91. The van der Waals surface area contributed by atoms with Crippen molar-refractivity contribution in [3.05, 3.63) is 40.9 Å². The van der Waals surface area contributed by atoms with E-state index < -0.39 is 0 Å². The number of pyridine rings is 1. The number of hydrogen-bond donors (Lipinski definition) is 1. The van der Waals surface area contributed by atoms with Gasteiger partial charge in [-0.25, -0.2) is 0 Å². The third-order valence-electron chi connectivity index (χ3n) is 3.04. The van der Waals surface area contributed by atoms with Gasteiger partial charge in [0.1, 0.15) is 5.69 Å². The summed E-state index contributed by atoms with van der Waals surface area (Å²) in [6.07, 6.45) is 5.09. The van der Waals surface area contributed by atoms with Crippen LogP contribution in [0.2, 0.25) is 5.02 Å². The van der Waals surface area contributed by atoms with Crippen molar-refractivity contribution >= 4 is 11.6 Å². The summed E-state index contributed by atoms with van der Waals surface area (Å²) in [7, 11) is 3.52. The fourth-order valence-electron chi connectivity index (χ4n) is 2.14. The molecule has 0 bridgehead atoms. The lowest BCUT2D eigenvalue weighted by atomic mass is 10.0. The Bertz CT molecular complexity index is 534. The van der Waals surface area contributed by atoms with Crippen LogP contribution in [0.15, 0.2) is 24.7 Å². The van der Waals surface area contributed by atoms with Gasteiger partial charge in [-0.05, 0) is 25.6 Å². The zero-order valence-corrected chi connectivity index (χ0v) is 12.0. The molecule has 0 aliphatic rings. The maximum Gasteiger partial charge on any atom is 0.161 e. The highest BCUT2D eigenvalue weighted by Gasteiger charge is 2.23. The van der Waals surface area contributed by atoms with Crippen molar-refractivity contribution in [2.45, 2.75) is 19.5 Å². The van der Waals surface area contributed by atoms with E-state index in [1.165, 1.54) is 0 Å². The molecule has 0 aliphatic carbocycles. The minimum atomic E-state index is -0.0899. The minimum absolute atomic E-state index is 0.0899. The fraction of sp³-hybridized carbons (Fsp3) is 0.385. The SMILES string of the molecule is CCn1ncc(OC)c1C(NC)c1ccncc1Cl. The van der Waals surface area contributed by atoms with Crippen molar-refractivity contribution in [2.75, 3.05) is 14.2 Å². The second kappa shape index (κ2) is 6.04. The van der Waals surface area contributed by atoms with E-state index in [-0.39, 0.29) is 6.04 Å². The van der Waals surface area contributed by atoms with Crippen LogP contribution in [0.25, 0.3) is 0 Å². The standard InChI is InChI=1S/C13H17ClN4O/c1-4-18-13(11(19-3)8-17-18)12(15-2)9-5-6-16-7-10(9)14/h5-8,12,15H,4H2,1-3H3. The summed E-state index contributed by atoms with van der Waals surface area (Å²) in [5.74, 6) is 0.745. The minimum Gasteiger partial charge on any atom is -0.493 e. The van der Waals surface area contributed by atoms with Crippen LogP contribution in [0.1, 0.15) is 24.2 Å². The van der Waals surface area contributed by atoms with E-state index in [1.807, 2.05) is 24.7 Å². The van der Waals surface area contributed by atoms with Gasteiger partial charge in [0.05, 0.1) is 24.4 Å². The maximum atomic E-state index is 6.23. The van der Waals surface area contributed by atoms with Gasteiger partial charge in [-0.1, -0.05) is 11.6 Å². The molecule has 0 amide bonds. The normalized spacial score (nSPS) is 12.4. The fourth-order valence-corrected chi connectivity index (χ4v) is 2.37. The topological polar surface area (TPSA) is 52.0 Å². The Morgan fingerprint density at radius 2 is 2.26 bits per heavy atom.